The normalized spacial score (nSPS) is 10.4. The molecule has 0 aliphatic rings. The van der Waals surface area contributed by atoms with Crippen LogP contribution in [0.15, 0.2) is 0 Å². The van der Waals surface area contributed by atoms with Gasteiger partial charge < -0.3 is 57.0 Å². The van der Waals surface area contributed by atoms with E-state index in [1.54, 1.807) is 127 Å². The molecule has 0 amide bonds. The summed E-state index contributed by atoms with van der Waals surface area (Å²) in [6, 6.07) is 0. The maximum Gasteiger partial charge on any atom is 1.00 e. The maximum atomic E-state index is 9.94. The third-order valence-electron chi connectivity index (χ3n) is 2.99. The molecule has 0 saturated heterocycles. The van der Waals surface area contributed by atoms with Crippen molar-refractivity contribution in [3.8, 4) is 0 Å². The molecule has 0 aromatic rings. The first-order valence-corrected chi connectivity index (χ1v) is 13.9. The molecule has 0 aromatic heterocycles. The molecule has 50 heavy (non-hydrogen) atoms. The van der Waals surface area contributed by atoms with E-state index in [4.69, 9.17) is 30.6 Å². The zero-order valence-corrected chi connectivity index (χ0v) is 34.8. The summed E-state index contributed by atoms with van der Waals surface area (Å²) in [5.41, 5.74) is 0. The second kappa shape index (κ2) is 29.6. The molecule has 0 aromatic carbocycles. The van der Waals surface area contributed by atoms with E-state index in [9.17, 15) is 28.8 Å². The molecule has 0 atom stereocenters. The van der Waals surface area contributed by atoms with Crippen molar-refractivity contribution in [2.45, 2.75) is 0 Å². The van der Waals surface area contributed by atoms with Crippen LogP contribution in [0.1, 0.15) is 2.85 Å². The average molecular weight is 819 g/mol. The van der Waals surface area contributed by atoms with E-state index in [0.29, 0.717) is 26.4 Å². The SMILES string of the molecule is C[N+](C)(C)[B]C(=O)O.C[N+](C)(C)[B]C(=O)O.C[N+](C)(C)[B]C(=O)O.C[N+](C)(C)[B]C(=O)O.C[N+](C)(C)[B]C(=O)O.C[N+](C)(C)[B]C(=O)O.[Cu].[Cu].[H+].[H+]. The van der Waals surface area contributed by atoms with Crippen LogP contribution in [-0.2, 0) is 34.1 Å². The molecule has 0 heterocycles. The fourth-order valence-corrected chi connectivity index (χ4v) is 1.99. The van der Waals surface area contributed by atoms with Gasteiger partial charge in [0.25, 0.3) is 0 Å². The van der Waals surface area contributed by atoms with Gasteiger partial charge in [0.1, 0.15) is 0 Å². The second-order valence-electron chi connectivity index (χ2n) is 15.5. The quantitative estimate of drug-likeness (QED) is 0.145. The van der Waals surface area contributed by atoms with E-state index in [2.05, 4.69) is 0 Å². The predicted octanol–water partition coefficient (Wildman–Crippen LogP) is 0.159. The minimum atomic E-state index is -0.877. The van der Waals surface area contributed by atoms with Crippen LogP contribution in [0.4, 0.5) is 28.8 Å². The van der Waals surface area contributed by atoms with Crippen LogP contribution in [0.25, 0.3) is 0 Å². The Kier molecular flexibility index (Phi) is 39.2. The molecule has 0 spiro atoms. The molecule has 0 fully saturated rings. The molecular formula is C24H62B6Cu2N6O12+8. The number of hydrogen-bond acceptors (Lipinski definition) is 6. The molecule has 6 N–H and O–H groups in total. The van der Waals surface area contributed by atoms with Gasteiger partial charge in [-0.25, -0.2) is 0 Å². The zero-order chi connectivity index (χ0) is 40.7. The van der Waals surface area contributed by atoms with E-state index in [0.717, 1.165) is 0 Å². The molecule has 0 aliphatic carbocycles. The topological polar surface area (TPSA) is 224 Å². The Morgan fingerprint density at radius 2 is 0.340 bits per heavy atom. The van der Waals surface area contributed by atoms with Gasteiger partial charge in [0.05, 0.1) is 0 Å². The van der Waals surface area contributed by atoms with Gasteiger partial charge >= 0.3 is 82.6 Å². The van der Waals surface area contributed by atoms with Gasteiger partial charge in [-0.3, -0.25) is 28.8 Å². The van der Waals surface area contributed by atoms with Crippen LogP contribution in [0.2, 0.25) is 0 Å². The third kappa shape index (κ3) is 119. The van der Waals surface area contributed by atoms with E-state index in [-0.39, 0.29) is 37.0 Å². The monoisotopic (exact) mass is 818 g/mol. The summed E-state index contributed by atoms with van der Waals surface area (Å²) < 4.78 is 2.14. The van der Waals surface area contributed by atoms with Crippen molar-refractivity contribution in [1.82, 2.24) is 0 Å². The summed E-state index contributed by atoms with van der Waals surface area (Å²) in [7, 11) is 39.4. The van der Waals surface area contributed by atoms with Crippen molar-refractivity contribution in [3.05, 3.63) is 0 Å². The van der Waals surface area contributed by atoms with Gasteiger partial charge in [-0.2, -0.15) is 0 Å². The van der Waals surface area contributed by atoms with E-state index in [1.807, 2.05) is 0 Å². The largest absolute Gasteiger partial charge is 1.00 e. The number of carboxylic acid groups (broad SMARTS) is 6. The predicted molar refractivity (Wildman–Crippen MR) is 193 cm³/mol. The first kappa shape index (κ1) is 66.3. The molecule has 292 valence electrons. The summed E-state index contributed by atoms with van der Waals surface area (Å²) in [5.74, 6) is -5.26. The van der Waals surface area contributed by atoms with Gasteiger partial charge in [0.15, 0.2) is 0 Å². The Hall–Kier alpha value is -1.99. The number of quaternary nitrogens is 6. The van der Waals surface area contributed by atoms with Crippen molar-refractivity contribution >= 4 is 79.7 Å². The zero-order valence-electron chi connectivity index (χ0n) is 34.9. The van der Waals surface area contributed by atoms with Crippen LogP contribution in [0.5, 0.6) is 0 Å². The number of carbonyl (C=O) groups is 6. The van der Waals surface area contributed by atoms with Crippen LogP contribution < -0.4 is 0 Å². The minimum Gasteiger partial charge on any atom is -0.484 e. The molecule has 26 heteroatoms. The van der Waals surface area contributed by atoms with Crippen molar-refractivity contribution in [2.75, 3.05) is 127 Å². The maximum absolute atomic E-state index is 9.94. The molecule has 8 radical (unpaired) electrons. The summed E-state index contributed by atoms with van der Waals surface area (Å²) in [6.45, 7) is 0. The van der Waals surface area contributed by atoms with E-state index < -0.39 is 35.2 Å². The summed E-state index contributed by atoms with van der Waals surface area (Å²) >= 11 is 0. The molecule has 0 bridgehead atoms. The Morgan fingerprint density at radius 3 is 0.340 bits per heavy atom. The molecule has 0 saturated carbocycles. The summed E-state index contributed by atoms with van der Waals surface area (Å²) in [4.78, 5) is 59.7. The van der Waals surface area contributed by atoms with E-state index >= 15 is 0 Å². The Balaban J connectivity index is -0.0000000501. The van der Waals surface area contributed by atoms with Crippen LogP contribution in [0, 0.1) is 0 Å². The number of hydrogen-bond donors (Lipinski definition) is 6. The average Bonchev–Trinajstić information content (AvgIpc) is 2.57. The van der Waals surface area contributed by atoms with Gasteiger partial charge in [0.2, 0.25) is 0 Å². The van der Waals surface area contributed by atoms with Crippen molar-refractivity contribution in [2.24, 2.45) is 0 Å². The first-order valence-electron chi connectivity index (χ1n) is 13.9. The Morgan fingerprint density at radius 1 is 0.280 bits per heavy atom. The molecule has 18 nitrogen and oxygen atoms in total. The molecule has 0 aliphatic heterocycles. The smallest absolute Gasteiger partial charge is 0.484 e. The summed E-state index contributed by atoms with van der Waals surface area (Å²) in [6.07, 6.45) is 0. The van der Waals surface area contributed by atoms with Gasteiger partial charge in [0, 0.05) is 161 Å². The third-order valence-corrected chi connectivity index (χ3v) is 2.99. The fourth-order valence-electron chi connectivity index (χ4n) is 1.99. The minimum absolute atomic E-state index is 0. The molecular weight excluding hydrogens is 756 g/mol. The Labute approximate surface area is 328 Å². The summed E-state index contributed by atoms with van der Waals surface area (Å²) in [5, 5.41) is 49.1. The number of nitrogens with zero attached hydrogens (tertiary/aromatic N) is 6. The van der Waals surface area contributed by atoms with Gasteiger partial charge in [-0.15, -0.1) is 0 Å². The molecule has 0 rings (SSSR count). The van der Waals surface area contributed by atoms with Gasteiger partial charge in [-0.1, -0.05) is 0 Å². The van der Waals surface area contributed by atoms with Crippen molar-refractivity contribution in [1.29, 1.82) is 0 Å². The standard InChI is InChI=1S/6C4H10BNO2.2Cu/c6*1-6(2,3)5-4(7)8;;/h6*1-3H3,(H,7,8);;/q6*+1;;/p+2. The Bertz CT molecular complexity index is 806. The van der Waals surface area contributed by atoms with Crippen LogP contribution in [0.3, 0.4) is 0 Å². The van der Waals surface area contributed by atoms with Crippen molar-refractivity contribution < 1.29 is 123 Å². The molecule has 0 unspecified atom stereocenters. The number of rotatable bonds is 12. The fraction of sp³-hybridized carbons (Fsp3) is 0.750. The second-order valence-corrected chi connectivity index (χ2v) is 15.5. The van der Waals surface area contributed by atoms with Crippen LogP contribution in [-0.4, -0.2) is 264 Å². The van der Waals surface area contributed by atoms with E-state index in [1.165, 1.54) is 44.5 Å². The van der Waals surface area contributed by atoms with Crippen LogP contribution >= 0.6 is 0 Å². The van der Waals surface area contributed by atoms with Crippen molar-refractivity contribution in [3.63, 3.8) is 0 Å². The van der Waals surface area contributed by atoms with Gasteiger partial charge in [-0.05, 0) is 0 Å². The first-order chi connectivity index (χ1) is 20.5.